The Morgan fingerprint density at radius 1 is 0.833 bits per heavy atom. The highest BCUT2D eigenvalue weighted by atomic mass is 35.5. The first-order valence-corrected chi connectivity index (χ1v) is 4.36. The summed E-state index contributed by atoms with van der Waals surface area (Å²) in [4.78, 5) is 0. The van der Waals surface area contributed by atoms with E-state index in [-0.39, 0.29) is 10.8 Å². The van der Waals surface area contributed by atoms with Crippen molar-refractivity contribution in [3.05, 3.63) is 26.7 Å². The second-order valence-electron chi connectivity index (χ2n) is 2.85. The number of halogens is 2. The molecule has 66 valence electrons. The van der Waals surface area contributed by atoms with Gasteiger partial charge in [-0.15, -0.1) is 0 Å². The van der Waals surface area contributed by atoms with E-state index in [1.165, 1.54) is 0 Å². The van der Waals surface area contributed by atoms with Gasteiger partial charge in [0.1, 0.15) is 10.8 Å². The van der Waals surface area contributed by atoms with E-state index in [1.807, 2.05) is 20.8 Å². The summed E-state index contributed by atoms with van der Waals surface area (Å²) in [7, 11) is 0. The number of rotatable bonds is 0. The maximum absolute atomic E-state index is 9.48. The molecule has 0 aliphatic rings. The normalized spacial score (nSPS) is 10.4. The molecule has 1 N–H and O–H groups in total. The van der Waals surface area contributed by atoms with E-state index in [2.05, 4.69) is 0 Å². The highest BCUT2D eigenvalue weighted by molar-refractivity contribution is 6.43. The van der Waals surface area contributed by atoms with Crippen molar-refractivity contribution >= 4 is 23.2 Å². The van der Waals surface area contributed by atoms with Crippen LogP contribution in [0.1, 0.15) is 16.7 Å². The van der Waals surface area contributed by atoms with Crippen LogP contribution in [0.15, 0.2) is 0 Å². The Labute approximate surface area is 81.9 Å². The summed E-state index contributed by atoms with van der Waals surface area (Å²) in [6, 6.07) is 0. The summed E-state index contributed by atoms with van der Waals surface area (Å²) in [5, 5.41) is 10.2. The highest BCUT2D eigenvalue weighted by Crippen LogP contribution is 2.38. The molecule has 1 aromatic rings. The topological polar surface area (TPSA) is 20.2 Å². The van der Waals surface area contributed by atoms with E-state index in [1.54, 1.807) is 0 Å². The molecule has 3 heteroatoms. The third-order valence-electron chi connectivity index (χ3n) is 2.21. The monoisotopic (exact) mass is 204 g/mol. The standard InChI is InChI=1S/C9H10Cl2O/c1-4-5(2)7(10)8(11)9(12)6(4)3/h12H,1-3H3. The van der Waals surface area contributed by atoms with Crippen molar-refractivity contribution < 1.29 is 5.11 Å². The van der Waals surface area contributed by atoms with Gasteiger partial charge in [0, 0.05) is 0 Å². The van der Waals surface area contributed by atoms with Gasteiger partial charge in [0.15, 0.2) is 0 Å². The predicted octanol–water partition coefficient (Wildman–Crippen LogP) is 3.62. The molecule has 1 nitrogen and oxygen atoms in total. The Morgan fingerprint density at radius 2 is 1.33 bits per heavy atom. The van der Waals surface area contributed by atoms with Gasteiger partial charge in [-0.25, -0.2) is 0 Å². The number of benzene rings is 1. The van der Waals surface area contributed by atoms with Crippen molar-refractivity contribution in [2.75, 3.05) is 0 Å². The van der Waals surface area contributed by atoms with Crippen LogP contribution in [0.2, 0.25) is 10.0 Å². The van der Waals surface area contributed by atoms with E-state index in [0.29, 0.717) is 5.02 Å². The Balaban J connectivity index is 3.60. The Kier molecular flexibility index (Phi) is 2.55. The zero-order chi connectivity index (χ0) is 9.46. The maximum atomic E-state index is 9.48. The molecule has 0 atom stereocenters. The van der Waals surface area contributed by atoms with Gasteiger partial charge in [-0.3, -0.25) is 0 Å². The van der Waals surface area contributed by atoms with Crippen LogP contribution >= 0.6 is 23.2 Å². The fourth-order valence-electron chi connectivity index (χ4n) is 1.06. The molecule has 0 fully saturated rings. The average molecular weight is 205 g/mol. The molecule has 12 heavy (non-hydrogen) atoms. The first-order valence-electron chi connectivity index (χ1n) is 3.60. The average Bonchev–Trinajstić information content (AvgIpc) is 2.08. The van der Waals surface area contributed by atoms with Gasteiger partial charge in [-0.2, -0.15) is 0 Å². The molecule has 0 unspecified atom stereocenters. The van der Waals surface area contributed by atoms with Crippen LogP contribution in [0.25, 0.3) is 0 Å². The molecule has 0 aliphatic carbocycles. The van der Waals surface area contributed by atoms with E-state index >= 15 is 0 Å². The molecule has 0 heterocycles. The summed E-state index contributed by atoms with van der Waals surface area (Å²) < 4.78 is 0. The Bertz CT molecular complexity index is 227. The molecule has 1 aromatic carbocycles. The predicted molar refractivity (Wildman–Crippen MR) is 52.3 cm³/mol. The molecule has 1 rings (SSSR count). The van der Waals surface area contributed by atoms with Crippen molar-refractivity contribution in [3.8, 4) is 5.75 Å². The van der Waals surface area contributed by atoms with Crippen molar-refractivity contribution in [1.29, 1.82) is 0 Å². The minimum atomic E-state index is 0.0877. The molecule has 0 saturated heterocycles. The molecule has 0 bridgehead atoms. The third kappa shape index (κ3) is 1.27. The zero-order valence-corrected chi connectivity index (χ0v) is 8.72. The lowest BCUT2D eigenvalue weighted by Gasteiger charge is -2.11. The first-order chi connectivity index (χ1) is 5.46. The van der Waals surface area contributed by atoms with Crippen LogP contribution in [-0.4, -0.2) is 5.11 Å². The summed E-state index contributed by atoms with van der Waals surface area (Å²) in [6.45, 7) is 5.61. The number of phenols is 1. The van der Waals surface area contributed by atoms with E-state index < -0.39 is 0 Å². The molecule has 0 aromatic heterocycles. The number of hydrogen-bond acceptors (Lipinski definition) is 1. The molecule has 0 radical (unpaired) electrons. The van der Waals surface area contributed by atoms with E-state index in [0.717, 1.165) is 16.7 Å². The van der Waals surface area contributed by atoms with Crippen LogP contribution in [0.3, 0.4) is 0 Å². The lowest BCUT2D eigenvalue weighted by atomic mass is 10.0. The lowest BCUT2D eigenvalue weighted by Crippen LogP contribution is -1.89. The fourth-order valence-corrected chi connectivity index (χ4v) is 1.57. The SMILES string of the molecule is Cc1c(C)c(O)c(Cl)c(Cl)c1C. The highest BCUT2D eigenvalue weighted by Gasteiger charge is 2.13. The van der Waals surface area contributed by atoms with Gasteiger partial charge < -0.3 is 5.11 Å². The van der Waals surface area contributed by atoms with Crippen LogP contribution < -0.4 is 0 Å². The molecule has 0 saturated carbocycles. The Hall–Kier alpha value is -0.400. The third-order valence-corrected chi connectivity index (χ3v) is 3.15. The summed E-state index contributed by atoms with van der Waals surface area (Å²) in [5.41, 5.74) is 2.71. The second kappa shape index (κ2) is 3.15. The Morgan fingerprint density at radius 3 is 1.83 bits per heavy atom. The van der Waals surface area contributed by atoms with E-state index in [4.69, 9.17) is 23.2 Å². The van der Waals surface area contributed by atoms with Gasteiger partial charge in [0.05, 0.1) is 5.02 Å². The summed E-state index contributed by atoms with van der Waals surface area (Å²) in [5.74, 6) is 0.0877. The molecular weight excluding hydrogens is 195 g/mol. The second-order valence-corrected chi connectivity index (χ2v) is 3.61. The molecule has 0 amide bonds. The van der Waals surface area contributed by atoms with Gasteiger partial charge in [0.2, 0.25) is 0 Å². The van der Waals surface area contributed by atoms with Crippen LogP contribution in [0.4, 0.5) is 0 Å². The number of phenolic OH excluding ortho intramolecular Hbond substituents is 1. The first kappa shape index (κ1) is 9.69. The van der Waals surface area contributed by atoms with Crippen molar-refractivity contribution in [1.82, 2.24) is 0 Å². The van der Waals surface area contributed by atoms with Crippen molar-refractivity contribution in [2.45, 2.75) is 20.8 Å². The number of aromatic hydroxyl groups is 1. The smallest absolute Gasteiger partial charge is 0.138 e. The maximum Gasteiger partial charge on any atom is 0.138 e. The quantitative estimate of drug-likeness (QED) is 0.685. The summed E-state index contributed by atoms with van der Waals surface area (Å²) in [6.07, 6.45) is 0. The largest absolute Gasteiger partial charge is 0.506 e. The lowest BCUT2D eigenvalue weighted by molar-refractivity contribution is 0.470. The minimum Gasteiger partial charge on any atom is -0.506 e. The molecular formula is C9H10Cl2O. The molecule has 0 aliphatic heterocycles. The van der Waals surface area contributed by atoms with E-state index in [9.17, 15) is 5.11 Å². The van der Waals surface area contributed by atoms with Crippen LogP contribution in [-0.2, 0) is 0 Å². The fraction of sp³-hybridized carbons (Fsp3) is 0.333. The zero-order valence-electron chi connectivity index (χ0n) is 7.20. The van der Waals surface area contributed by atoms with Gasteiger partial charge in [-0.05, 0) is 37.5 Å². The van der Waals surface area contributed by atoms with Gasteiger partial charge in [0.25, 0.3) is 0 Å². The van der Waals surface area contributed by atoms with Crippen molar-refractivity contribution in [2.24, 2.45) is 0 Å². The molecule has 0 spiro atoms. The summed E-state index contributed by atoms with van der Waals surface area (Å²) >= 11 is 11.6. The van der Waals surface area contributed by atoms with Gasteiger partial charge >= 0.3 is 0 Å². The van der Waals surface area contributed by atoms with Crippen molar-refractivity contribution in [3.63, 3.8) is 0 Å². The number of hydrogen-bond donors (Lipinski definition) is 1. The van der Waals surface area contributed by atoms with Crippen LogP contribution in [0.5, 0.6) is 5.75 Å². The minimum absolute atomic E-state index is 0.0877. The van der Waals surface area contributed by atoms with Gasteiger partial charge in [-0.1, -0.05) is 23.2 Å². The van der Waals surface area contributed by atoms with Crippen LogP contribution in [0, 0.1) is 20.8 Å².